The van der Waals surface area contributed by atoms with Crippen LogP contribution in [0.15, 0.2) is 18.2 Å². The van der Waals surface area contributed by atoms with Gasteiger partial charge in [0.05, 0.1) is 19.9 Å². The fraction of sp³-hybridized carbons (Fsp3) is 0.588. The van der Waals surface area contributed by atoms with Gasteiger partial charge in [-0.2, -0.15) is 0 Å². The van der Waals surface area contributed by atoms with Crippen molar-refractivity contribution in [2.45, 2.75) is 32.1 Å². The van der Waals surface area contributed by atoms with Gasteiger partial charge in [-0.15, -0.1) is 0 Å². The van der Waals surface area contributed by atoms with E-state index in [-0.39, 0.29) is 5.91 Å². The van der Waals surface area contributed by atoms with E-state index in [0.29, 0.717) is 13.0 Å². The van der Waals surface area contributed by atoms with Crippen LogP contribution < -0.4 is 14.8 Å². The van der Waals surface area contributed by atoms with Crippen LogP contribution in [0.3, 0.4) is 0 Å². The maximum atomic E-state index is 12.2. The van der Waals surface area contributed by atoms with E-state index in [4.69, 9.17) is 9.47 Å². The zero-order chi connectivity index (χ0) is 15.8. The number of ether oxygens (including phenoxy) is 2. The van der Waals surface area contributed by atoms with Gasteiger partial charge in [0.2, 0.25) is 5.91 Å². The van der Waals surface area contributed by atoms with Crippen LogP contribution in [0.25, 0.3) is 0 Å². The summed E-state index contributed by atoms with van der Waals surface area (Å²) in [7, 11) is 3.25. The minimum Gasteiger partial charge on any atom is -0.497 e. The zero-order valence-corrected chi connectivity index (χ0v) is 13.6. The first kappa shape index (κ1) is 16.5. The second kappa shape index (κ2) is 8.51. The van der Waals surface area contributed by atoms with E-state index >= 15 is 0 Å². The molecule has 1 amide bonds. The molecule has 122 valence electrons. The number of nitrogens with zero attached hydrogens (tertiary/aromatic N) is 1. The Morgan fingerprint density at radius 1 is 1.14 bits per heavy atom. The van der Waals surface area contributed by atoms with Gasteiger partial charge in [0.1, 0.15) is 11.5 Å². The Morgan fingerprint density at radius 3 is 2.50 bits per heavy atom. The summed E-state index contributed by atoms with van der Waals surface area (Å²) in [5.41, 5.74) is 0.881. The molecule has 1 fully saturated rings. The number of carbonyl (C=O) groups excluding carboxylic acids is 1. The summed E-state index contributed by atoms with van der Waals surface area (Å²) in [5, 5.41) is 3.27. The Morgan fingerprint density at radius 2 is 1.86 bits per heavy atom. The highest BCUT2D eigenvalue weighted by molar-refractivity contribution is 5.77. The van der Waals surface area contributed by atoms with Crippen molar-refractivity contribution in [1.82, 2.24) is 4.90 Å². The van der Waals surface area contributed by atoms with Gasteiger partial charge in [-0.3, -0.25) is 4.79 Å². The summed E-state index contributed by atoms with van der Waals surface area (Å²) in [6.07, 6.45) is 5.25. The minimum atomic E-state index is 0.238. The van der Waals surface area contributed by atoms with Gasteiger partial charge in [-0.25, -0.2) is 0 Å². The molecule has 1 saturated heterocycles. The molecule has 0 aromatic heterocycles. The third-order valence-electron chi connectivity index (χ3n) is 4.02. The van der Waals surface area contributed by atoms with E-state index in [1.54, 1.807) is 14.2 Å². The van der Waals surface area contributed by atoms with Crippen LogP contribution >= 0.6 is 0 Å². The molecule has 0 saturated carbocycles. The molecule has 22 heavy (non-hydrogen) atoms. The van der Waals surface area contributed by atoms with Crippen molar-refractivity contribution in [2.24, 2.45) is 0 Å². The highest BCUT2D eigenvalue weighted by Crippen LogP contribution is 2.28. The molecular formula is C17H26N2O3. The van der Waals surface area contributed by atoms with Crippen molar-refractivity contribution in [3.63, 3.8) is 0 Å². The Balaban J connectivity index is 1.83. The second-order valence-electron chi connectivity index (χ2n) is 5.54. The summed E-state index contributed by atoms with van der Waals surface area (Å²) in [6.45, 7) is 2.42. The number of rotatable bonds is 6. The van der Waals surface area contributed by atoms with E-state index in [1.807, 2.05) is 23.1 Å². The topological polar surface area (TPSA) is 50.8 Å². The molecular weight excluding hydrogens is 280 g/mol. The molecule has 1 aromatic carbocycles. The van der Waals surface area contributed by atoms with Crippen LogP contribution in [0.5, 0.6) is 11.5 Å². The summed E-state index contributed by atoms with van der Waals surface area (Å²) in [5.74, 6) is 1.71. The predicted octanol–water partition coefficient (Wildman–Crippen LogP) is 2.91. The van der Waals surface area contributed by atoms with Crippen LogP contribution in [0, 0.1) is 0 Å². The average Bonchev–Trinajstić information content (AvgIpc) is 2.84. The number of anilines is 1. The molecule has 0 aliphatic carbocycles. The van der Waals surface area contributed by atoms with Gasteiger partial charge < -0.3 is 19.7 Å². The van der Waals surface area contributed by atoms with Crippen LogP contribution in [0.2, 0.25) is 0 Å². The molecule has 0 radical (unpaired) electrons. The van der Waals surface area contributed by atoms with E-state index in [1.165, 1.54) is 12.8 Å². The van der Waals surface area contributed by atoms with Crippen LogP contribution in [0.1, 0.15) is 32.1 Å². The Bertz CT molecular complexity index is 483. The molecule has 2 rings (SSSR count). The third kappa shape index (κ3) is 4.55. The first-order chi connectivity index (χ1) is 10.7. The molecule has 0 unspecified atom stereocenters. The molecule has 5 nitrogen and oxygen atoms in total. The molecule has 0 bridgehead atoms. The number of methoxy groups -OCH3 is 2. The lowest BCUT2D eigenvalue weighted by Gasteiger charge is -2.20. The van der Waals surface area contributed by atoms with E-state index in [0.717, 1.165) is 43.1 Å². The molecule has 5 heteroatoms. The van der Waals surface area contributed by atoms with E-state index in [9.17, 15) is 4.79 Å². The number of hydrogen-bond acceptors (Lipinski definition) is 4. The quantitative estimate of drug-likeness (QED) is 0.878. The van der Waals surface area contributed by atoms with Crippen molar-refractivity contribution in [1.29, 1.82) is 0 Å². The van der Waals surface area contributed by atoms with Crippen molar-refractivity contribution in [3.8, 4) is 11.5 Å². The van der Waals surface area contributed by atoms with Crippen molar-refractivity contribution < 1.29 is 14.3 Å². The van der Waals surface area contributed by atoms with Crippen LogP contribution in [0.4, 0.5) is 5.69 Å². The molecule has 0 atom stereocenters. The first-order valence-electron chi connectivity index (χ1n) is 7.98. The number of benzene rings is 1. The summed E-state index contributed by atoms with van der Waals surface area (Å²) in [6, 6.07) is 5.62. The van der Waals surface area contributed by atoms with Gasteiger partial charge in [0, 0.05) is 32.1 Å². The lowest BCUT2D eigenvalue weighted by Crippen LogP contribution is -2.32. The molecule has 1 aliphatic heterocycles. The fourth-order valence-corrected chi connectivity index (χ4v) is 2.73. The minimum absolute atomic E-state index is 0.238. The normalized spacial score (nSPS) is 15.1. The fourth-order valence-electron chi connectivity index (χ4n) is 2.73. The zero-order valence-electron chi connectivity index (χ0n) is 13.6. The average molecular weight is 306 g/mol. The number of carbonyl (C=O) groups is 1. The SMILES string of the molecule is COc1ccc(NCCC(=O)N2CCCCCC2)c(OC)c1. The number of nitrogens with one attached hydrogen (secondary N) is 1. The van der Waals surface area contributed by atoms with Crippen molar-refractivity contribution >= 4 is 11.6 Å². The second-order valence-corrected chi connectivity index (χ2v) is 5.54. The lowest BCUT2D eigenvalue weighted by molar-refractivity contribution is -0.130. The maximum Gasteiger partial charge on any atom is 0.224 e. The van der Waals surface area contributed by atoms with E-state index < -0.39 is 0 Å². The third-order valence-corrected chi connectivity index (χ3v) is 4.02. The van der Waals surface area contributed by atoms with Gasteiger partial charge in [-0.1, -0.05) is 12.8 Å². The number of amides is 1. The van der Waals surface area contributed by atoms with Gasteiger partial charge in [0.15, 0.2) is 0 Å². The van der Waals surface area contributed by atoms with Gasteiger partial charge in [0.25, 0.3) is 0 Å². The molecule has 1 N–H and O–H groups in total. The molecule has 1 aliphatic rings. The summed E-state index contributed by atoms with van der Waals surface area (Å²) < 4.78 is 10.5. The smallest absolute Gasteiger partial charge is 0.224 e. The van der Waals surface area contributed by atoms with Gasteiger partial charge >= 0.3 is 0 Å². The first-order valence-corrected chi connectivity index (χ1v) is 7.98. The van der Waals surface area contributed by atoms with Crippen molar-refractivity contribution in [2.75, 3.05) is 39.2 Å². The van der Waals surface area contributed by atoms with Crippen molar-refractivity contribution in [3.05, 3.63) is 18.2 Å². The Kier molecular flexibility index (Phi) is 6.37. The monoisotopic (exact) mass is 306 g/mol. The number of likely N-dealkylation sites (tertiary alicyclic amines) is 1. The number of hydrogen-bond donors (Lipinski definition) is 1. The summed E-state index contributed by atoms with van der Waals surface area (Å²) >= 11 is 0. The maximum absolute atomic E-state index is 12.2. The van der Waals surface area contributed by atoms with E-state index in [2.05, 4.69) is 5.32 Å². The van der Waals surface area contributed by atoms with Crippen LogP contribution in [-0.2, 0) is 4.79 Å². The highest BCUT2D eigenvalue weighted by atomic mass is 16.5. The highest BCUT2D eigenvalue weighted by Gasteiger charge is 2.15. The standard InChI is InChI=1S/C17H26N2O3/c1-21-14-7-8-15(16(13-14)22-2)18-10-9-17(20)19-11-5-3-4-6-12-19/h7-8,13,18H,3-6,9-12H2,1-2H3. The van der Waals surface area contributed by atoms with Crippen LogP contribution in [-0.4, -0.2) is 44.7 Å². The largest absolute Gasteiger partial charge is 0.497 e. The molecule has 0 spiro atoms. The predicted molar refractivity (Wildman–Crippen MR) is 87.7 cm³/mol. The summed E-state index contributed by atoms with van der Waals surface area (Å²) in [4.78, 5) is 14.2. The van der Waals surface area contributed by atoms with Gasteiger partial charge in [-0.05, 0) is 25.0 Å². The Labute approximate surface area is 132 Å². The Hall–Kier alpha value is -1.91. The molecule has 1 aromatic rings. The lowest BCUT2D eigenvalue weighted by atomic mass is 10.2. The molecule has 1 heterocycles.